The number of hydrogen-bond donors (Lipinski definition) is 1. The van der Waals surface area contributed by atoms with Crippen molar-refractivity contribution in [3.63, 3.8) is 0 Å². The molecule has 0 amide bonds. The zero-order valence-electron chi connectivity index (χ0n) is 13.7. The lowest BCUT2D eigenvalue weighted by Crippen LogP contribution is -2.40. The maximum atomic E-state index is 12.8. The number of hydrogen-bond acceptors (Lipinski definition) is 4. The second kappa shape index (κ2) is 6.88. The van der Waals surface area contributed by atoms with Gasteiger partial charge in [-0.15, -0.1) is 0 Å². The molecule has 0 saturated carbocycles. The van der Waals surface area contributed by atoms with Crippen LogP contribution in [0.3, 0.4) is 0 Å². The first-order valence-electron chi connectivity index (χ1n) is 7.80. The van der Waals surface area contributed by atoms with E-state index in [1.54, 1.807) is 12.1 Å². The number of aliphatic carboxylic acids is 1. The van der Waals surface area contributed by atoms with E-state index in [4.69, 9.17) is 4.74 Å². The Morgan fingerprint density at radius 2 is 2.13 bits per heavy atom. The highest BCUT2D eigenvalue weighted by molar-refractivity contribution is 7.89. The predicted molar refractivity (Wildman–Crippen MR) is 86.2 cm³/mol. The molecule has 1 aromatic rings. The van der Waals surface area contributed by atoms with E-state index in [1.165, 1.54) is 6.07 Å². The van der Waals surface area contributed by atoms with Crippen LogP contribution in [0.15, 0.2) is 23.1 Å². The molecule has 0 spiro atoms. The van der Waals surface area contributed by atoms with E-state index in [-0.39, 0.29) is 17.4 Å². The van der Waals surface area contributed by atoms with Crippen LogP contribution in [0.2, 0.25) is 0 Å². The van der Waals surface area contributed by atoms with Crippen molar-refractivity contribution in [3.05, 3.63) is 23.8 Å². The fraction of sp³-hybridized carbons (Fsp3) is 0.562. The molecule has 0 radical (unpaired) electrons. The Labute approximate surface area is 137 Å². The van der Waals surface area contributed by atoms with E-state index in [0.717, 1.165) is 9.87 Å². The zero-order chi connectivity index (χ0) is 17.2. The molecule has 1 aliphatic rings. The fourth-order valence-electron chi connectivity index (χ4n) is 2.84. The summed E-state index contributed by atoms with van der Waals surface area (Å²) in [5.41, 5.74) is 0.805. The Morgan fingerprint density at radius 3 is 2.70 bits per heavy atom. The molecule has 1 heterocycles. The van der Waals surface area contributed by atoms with Crippen molar-refractivity contribution in [2.75, 3.05) is 13.2 Å². The molecule has 0 bridgehead atoms. The van der Waals surface area contributed by atoms with E-state index in [0.29, 0.717) is 25.2 Å². The van der Waals surface area contributed by atoms with Gasteiger partial charge in [0.1, 0.15) is 11.8 Å². The normalized spacial score (nSPS) is 19.2. The third-order valence-corrected chi connectivity index (χ3v) is 5.90. The zero-order valence-corrected chi connectivity index (χ0v) is 14.5. The van der Waals surface area contributed by atoms with Crippen molar-refractivity contribution in [1.29, 1.82) is 0 Å². The number of carboxylic acids is 1. The Morgan fingerprint density at radius 1 is 1.43 bits per heavy atom. The molecule has 1 unspecified atom stereocenters. The largest absolute Gasteiger partial charge is 0.494 e. The topological polar surface area (TPSA) is 83.9 Å². The summed E-state index contributed by atoms with van der Waals surface area (Å²) < 4.78 is 32.3. The minimum absolute atomic E-state index is 0.0977. The van der Waals surface area contributed by atoms with Crippen LogP contribution in [-0.2, 0) is 14.8 Å². The molecule has 0 aliphatic carbocycles. The van der Waals surface area contributed by atoms with E-state index < -0.39 is 22.0 Å². The van der Waals surface area contributed by atoms with Crippen LogP contribution in [0.4, 0.5) is 0 Å². The van der Waals surface area contributed by atoms with Gasteiger partial charge in [-0.1, -0.05) is 13.8 Å². The summed E-state index contributed by atoms with van der Waals surface area (Å²) in [5, 5.41) is 9.22. The van der Waals surface area contributed by atoms with Crippen LogP contribution in [0, 0.1) is 0 Å². The van der Waals surface area contributed by atoms with Gasteiger partial charge < -0.3 is 9.84 Å². The number of sulfonamides is 1. The second-order valence-electron chi connectivity index (χ2n) is 5.90. The molecule has 1 aliphatic heterocycles. The number of nitrogens with zero attached hydrogens (tertiary/aromatic N) is 1. The van der Waals surface area contributed by atoms with Crippen LogP contribution < -0.4 is 4.74 Å². The molecule has 6 nitrogen and oxygen atoms in total. The van der Waals surface area contributed by atoms with Crippen molar-refractivity contribution in [1.82, 2.24) is 4.31 Å². The average Bonchev–Trinajstić information content (AvgIpc) is 2.98. The third kappa shape index (κ3) is 3.50. The number of rotatable bonds is 6. The second-order valence-corrected chi connectivity index (χ2v) is 7.79. The molecule has 1 N–H and O–H groups in total. The molecule has 2 rings (SSSR count). The molecule has 23 heavy (non-hydrogen) atoms. The third-order valence-electron chi connectivity index (χ3n) is 4.00. The summed E-state index contributed by atoms with van der Waals surface area (Å²) in [6, 6.07) is 3.76. The van der Waals surface area contributed by atoms with Gasteiger partial charge in [0.05, 0.1) is 11.5 Å². The van der Waals surface area contributed by atoms with Crippen LogP contribution in [0.25, 0.3) is 0 Å². The quantitative estimate of drug-likeness (QED) is 0.859. The lowest BCUT2D eigenvalue weighted by molar-refractivity contribution is -0.140. The lowest BCUT2D eigenvalue weighted by Gasteiger charge is -2.22. The molecule has 7 heteroatoms. The van der Waals surface area contributed by atoms with Crippen LogP contribution in [-0.4, -0.2) is 43.0 Å². The first-order valence-corrected chi connectivity index (χ1v) is 9.24. The monoisotopic (exact) mass is 341 g/mol. The van der Waals surface area contributed by atoms with E-state index in [9.17, 15) is 18.3 Å². The summed E-state index contributed by atoms with van der Waals surface area (Å²) in [5.74, 6) is -0.334. The van der Waals surface area contributed by atoms with Gasteiger partial charge in [0.2, 0.25) is 10.0 Å². The van der Waals surface area contributed by atoms with E-state index in [2.05, 4.69) is 0 Å². The maximum Gasteiger partial charge on any atom is 0.322 e. The molecule has 1 aromatic carbocycles. The minimum Gasteiger partial charge on any atom is -0.494 e. The van der Waals surface area contributed by atoms with Gasteiger partial charge in [-0.3, -0.25) is 4.79 Å². The minimum atomic E-state index is -3.82. The predicted octanol–water partition coefficient (Wildman–Crippen LogP) is 2.45. The van der Waals surface area contributed by atoms with E-state index >= 15 is 0 Å². The molecule has 1 saturated heterocycles. The van der Waals surface area contributed by atoms with E-state index in [1.807, 2.05) is 20.8 Å². The highest BCUT2D eigenvalue weighted by Gasteiger charge is 2.39. The Kier molecular flexibility index (Phi) is 5.31. The molecule has 128 valence electrons. The summed E-state index contributed by atoms with van der Waals surface area (Å²) >= 11 is 0. The smallest absolute Gasteiger partial charge is 0.322 e. The number of ether oxygens (including phenoxy) is 1. The Bertz CT molecular complexity index is 684. The highest BCUT2D eigenvalue weighted by Crippen LogP contribution is 2.32. The summed E-state index contributed by atoms with van der Waals surface area (Å²) in [6.45, 7) is 6.54. The number of carbonyl (C=O) groups is 1. The van der Waals surface area contributed by atoms with Gasteiger partial charge >= 0.3 is 5.97 Å². The van der Waals surface area contributed by atoms with Gasteiger partial charge in [-0.25, -0.2) is 8.42 Å². The van der Waals surface area contributed by atoms with Gasteiger partial charge in [-0.2, -0.15) is 4.31 Å². The first-order chi connectivity index (χ1) is 10.8. The van der Waals surface area contributed by atoms with Crippen molar-refractivity contribution in [2.24, 2.45) is 0 Å². The van der Waals surface area contributed by atoms with Crippen molar-refractivity contribution >= 4 is 16.0 Å². The molecule has 1 atom stereocenters. The van der Waals surface area contributed by atoms with Crippen molar-refractivity contribution in [3.8, 4) is 5.75 Å². The number of carboxylic acid groups (broad SMARTS) is 1. The summed E-state index contributed by atoms with van der Waals surface area (Å²) in [7, 11) is -3.82. The summed E-state index contributed by atoms with van der Waals surface area (Å²) in [4.78, 5) is 11.4. The van der Waals surface area contributed by atoms with Gasteiger partial charge in [0, 0.05) is 6.54 Å². The number of benzene rings is 1. The Balaban J connectivity index is 2.44. The molecule has 0 aromatic heterocycles. The first kappa shape index (κ1) is 17.7. The van der Waals surface area contributed by atoms with Gasteiger partial charge in [0.15, 0.2) is 0 Å². The standard InChI is InChI=1S/C16H23NO5S/c1-4-22-15-8-7-12(10-13(15)11(2)3)23(20,21)17-9-5-6-14(17)16(18)19/h7-8,10-11,14H,4-6,9H2,1-3H3,(H,18,19). The van der Waals surface area contributed by atoms with Gasteiger partial charge in [-0.05, 0) is 49.4 Å². The molecular weight excluding hydrogens is 318 g/mol. The highest BCUT2D eigenvalue weighted by atomic mass is 32.2. The van der Waals surface area contributed by atoms with Crippen LogP contribution in [0.1, 0.15) is 45.1 Å². The average molecular weight is 341 g/mol. The van der Waals surface area contributed by atoms with Crippen molar-refractivity contribution in [2.45, 2.75) is 50.5 Å². The lowest BCUT2D eigenvalue weighted by atomic mass is 10.0. The van der Waals surface area contributed by atoms with Gasteiger partial charge in [0.25, 0.3) is 0 Å². The maximum absolute atomic E-state index is 12.8. The molecule has 1 fully saturated rings. The SMILES string of the molecule is CCOc1ccc(S(=O)(=O)N2CCCC2C(=O)O)cc1C(C)C. The fourth-order valence-corrected chi connectivity index (χ4v) is 4.52. The van der Waals surface area contributed by atoms with Crippen molar-refractivity contribution < 1.29 is 23.1 Å². The Hall–Kier alpha value is -1.60. The van der Waals surface area contributed by atoms with Crippen LogP contribution in [0.5, 0.6) is 5.75 Å². The summed E-state index contributed by atoms with van der Waals surface area (Å²) in [6.07, 6.45) is 0.910. The van der Waals surface area contributed by atoms with Crippen LogP contribution >= 0.6 is 0 Å². The molecular formula is C16H23NO5S.